The van der Waals surface area contributed by atoms with Crippen LogP contribution >= 0.6 is 0 Å². The van der Waals surface area contributed by atoms with Gasteiger partial charge in [-0.25, -0.2) is 4.79 Å². The van der Waals surface area contributed by atoms with Crippen LogP contribution in [0.3, 0.4) is 0 Å². The van der Waals surface area contributed by atoms with Crippen LogP contribution in [-0.4, -0.2) is 28.9 Å². The molecule has 1 aliphatic carbocycles. The maximum atomic E-state index is 11.9. The van der Waals surface area contributed by atoms with Gasteiger partial charge in [-0.15, -0.1) is 0 Å². The molecular formula is C16H17N3O5. The van der Waals surface area contributed by atoms with Gasteiger partial charge in [0.1, 0.15) is 5.54 Å². The van der Waals surface area contributed by atoms with Crippen LogP contribution in [-0.2, 0) is 9.53 Å². The lowest BCUT2D eigenvalue weighted by Crippen LogP contribution is -2.50. The van der Waals surface area contributed by atoms with E-state index < -0.39 is 28.9 Å². The number of esters is 1. The number of amides is 1. The van der Waals surface area contributed by atoms with Crippen LogP contribution in [0.2, 0.25) is 0 Å². The van der Waals surface area contributed by atoms with Gasteiger partial charge in [0.15, 0.2) is 6.61 Å². The monoisotopic (exact) mass is 331 g/mol. The van der Waals surface area contributed by atoms with Crippen LogP contribution in [0.25, 0.3) is 0 Å². The van der Waals surface area contributed by atoms with E-state index in [1.54, 1.807) is 0 Å². The van der Waals surface area contributed by atoms with Crippen molar-refractivity contribution < 1.29 is 19.2 Å². The fourth-order valence-corrected chi connectivity index (χ4v) is 2.68. The molecule has 0 unspecified atom stereocenters. The molecule has 0 spiro atoms. The van der Waals surface area contributed by atoms with Crippen LogP contribution < -0.4 is 5.32 Å². The van der Waals surface area contributed by atoms with Gasteiger partial charge < -0.3 is 10.1 Å². The second-order valence-electron chi connectivity index (χ2n) is 5.69. The van der Waals surface area contributed by atoms with Crippen LogP contribution in [0.15, 0.2) is 24.3 Å². The fraction of sp³-hybridized carbons (Fsp3) is 0.438. The number of nitro groups is 1. The van der Waals surface area contributed by atoms with Crippen molar-refractivity contribution in [2.75, 3.05) is 6.61 Å². The predicted octanol–water partition coefficient (Wildman–Crippen LogP) is 2.09. The highest BCUT2D eigenvalue weighted by Crippen LogP contribution is 2.27. The number of nitrogens with one attached hydrogen (secondary N) is 1. The maximum absolute atomic E-state index is 11.9. The summed E-state index contributed by atoms with van der Waals surface area (Å²) in [6.45, 7) is -0.537. The average Bonchev–Trinajstić information content (AvgIpc) is 2.60. The standard InChI is InChI=1S/C16H17N3O5/c17-11-16(7-2-1-3-8-16)18-14(20)10-24-15(21)12-5-4-6-13(9-12)19(22)23/h4-6,9H,1-3,7-8,10H2,(H,18,20). The van der Waals surface area contributed by atoms with Crippen molar-refractivity contribution in [2.45, 2.75) is 37.6 Å². The van der Waals surface area contributed by atoms with E-state index in [0.29, 0.717) is 12.8 Å². The molecule has 1 amide bonds. The van der Waals surface area contributed by atoms with Crippen LogP contribution in [0.4, 0.5) is 5.69 Å². The van der Waals surface area contributed by atoms with E-state index in [1.807, 2.05) is 0 Å². The molecule has 2 rings (SSSR count). The third-order valence-electron chi connectivity index (χ3n) is 3.93. The topological polar surface area (TPSA) is 122 Å². The number of nitrogens with zero attached hydrogens (tertiary/aromatic N) is 2. The average molecular weight is 331 g/mol. The van der Waals surface area contributed by atoms with Crippen molar-refractivity contribution in [3.8, 4) is 6.07 Å². The van der Waals surface area contributed by atoms with Crippen molar-refractivity contribution in [1.82, 2.24) is 5.32 Å². The van der Waals surface area contributed by atoms with Crippen LogP contribution in [0.5, 0.6) is 0 Å². The molecule has 8 heteroatoms. The Kier molecular flexibility index (Phi) is 5.47. The number of rotatable bonds is 5. The van der Waals surface area contributed by atoms with E-state index >= 15 is 0 Å². The number of hydrogen-bond donors (Lipinski definition) is 1. The zero-order valence-corrected chi connectivity index (χ0v) is 13.0. The van der Waals surface area contributed by atoms with E-state index in [4.69, 9.17) is 4.74 Å². The molecule has 1 aliphatic rings. The summed E-state index contributed by atoms with van der Waals surface area (Å²) >= 11 is 0. The first kappa shape index (κ1) is 17.4. The predicted molar refractivity (Wildman–Crippen MR) is 83.0 cm³/mol. The van der Waals surface area contributed by atoms with E-state index in [-0.39, 0.29) is 11.3 Å². The number of nitro benzene ring substituents is 1. The Labute approximate surface area is 138 Å². The van der Waals surface area contributed by atoms with Gasteiger partial charge in [0.05, 0.1) is 16.6 Å². The number of non-ortho nitro benzene ring substituents is 1. The number of nitriles is 1. The minimum Gasteiger partial charge on any atom is -0.452 e. The van der Waals surface area contributed by atoms with Gasteiger partial charge in [-0.1, -0.05) is 25.3 Å². The van der Waals surface area contributed by atoms with Crippen LogP contribution in [0, 0.1) is 21.4 Å². The molecule has 0 bridgehead atoms. The smallest absolute Gasteiger partial charge is 0.338 e. The molecule has 24 heavy (non-hydrogen) atoms. The van der Waals surface area contributed by atoms with E-state index in [1.165, 1.54) is 18.2 Å². The normalized spacial score (nSPS) is 15.8. The highest BCUT2D eigenvalue weighted by atomic mass is 16.6. The van der Waals surface area contributed by atoms with Crippen LogP contribution in [0.1, 0.15) is 42.5 Å². The third-order valence-corrected chi connectivity index (χ3v) is 3.93. The van der Waals surface area contributed by atoms with Crippen molar-refractivity contribution in [2.24, 2.45) is 0 Å². The van der Waals surface area contributed by atoms with Gasteiger partial charge in [-0.2, -0.15) is 5.26 Å². The van der Waals surface area contributed by atoms with Crippen molar-refractivity contribution in [3.05, 3.63) is 39.9 Å². The Hall–Kier alpha value is -2.95. The van der Waals surface area contributed by atoms with Gasteiger partial charge in [0, 0.05) is 12.1 Å². The van der Waals surface area contributed by atoms with E-state index in [9.17, 15) is 25.0 Å². The number of carbonyl (C=O) groups is 2. The second-order valence-corrected chi connectivity index (χ2v) is 5.69. The summed E-state index contributed by atoms with van der Waals surface area (Å²) in [6.07, 6.45) is 3.91. The van der Waals surface area contributed by atoms with Gasteiger partial charge in [-0.05, 0) is 18.9 Å². The SMILES string of the molecule is N#CC1(NC(=O)COC(=O)c2cccc([N+](=O)[O-])c2)CCCCC1. The number of benzene rings is 1. The van der Waals surface area contributed by atoms with Crippen molar-refractivity contribution >= 4 is 17.6 Å². The summed E-state index contributed by atoms with van der Waals surface area (Å²) in [7, 11) is 0. The molecule has 0 heterocycles. The molecule has 8 nitrogen and oxygen atoms in total. The van der Waals surface area contributed by atoms with Crippen molar-refractivity contribution in [3.63, 3.8) is 0 Å². The van der Waals surface area contributed by atoms with Gasteiger partial charge in [-0.3, -0.25) is 14.9 Å². The first-order valence-electron chi connectivity index (χ1n) is 7.60. The van der Waals surface area contributed by atoms with Gasteiger partial charge in [0.2, 0.25) is 0 Å². The molecule has 126 valence electrons. The maximum Gasteiger partial charge on any atom is 0.338 e. The molecule has 0 aliphatic heterocycles. The van der Waals surface area contributed by atoms with Crippen molar-refractivity contribution in [1.29, 1.82) is 5.26 Å². The molecule has 1 aromatic rings. The van der Waals surface area contributed by atoms with E-state index in [0.717, 1.165) is 25.3 Å². The Balaban J connectivity index is 1.91. The molecule has 1 fully saturated rings. The number of carbonyl (C=O) groups excluding carboxylic acids is 2. The lowest BCUT2D eigenvalue weighted by atomic mass is 9.83. The Morgan fingerprint density at radius 3 is 2.67 bits per heavy atom. The molecule has 0 radical (unpaired) electrons. The second kappa shape index (κ2) is 7.55. The largest absolute Gasteiger partial charge is 0.452 e. The summed E-state index contributed by atoms with van der Waals surface area (Å²) in [6, 6.07) is 7.20. The lowest BCUT2D eigenvalue weighted by Gasteiger charge is -2.31. The first-order valence-corrected chi connectivity index (χ1v) is 7.60. The quantitative estimate of drug-likeness (QED) is 0.501. The zero-order valence-electron chi connectivity index (χ0n) is 13.0. The Morgan fingerprint density at radius 2 is 2.04 bits per heavy atom. The summed E-state index contributed by atoms with van der Waals surface area (Å²) in [5, 5.41) is 22.6. The van der Waals surface area contributed by atoms with Gasteiger partial charge in [0.25, 0.3) is 11.6 Å². The molecule has 1 N–H and O–H groups in total. The summed E-state index contributed by atoms with van der Waals surface area (Å²) in [5.74, 6) is -1.39. The Morgan fingerprint density at radius 1 is 1.33 bits per heavy atom. The molecular weight excluding hydrogens is 314 g/mol. The number of ether oxygens (including phenoxy) is 1. The molecule has 1 aromatic carbocycles. The summed E-state index contributed by atoms with van der Waals surface area (Å²) in [5.41, 5.74) is -1.14. The molecule has 0 saturated heterocycles. The highest BCUT2D eigenvalue weighted by Gasteiger charge is 2.33. The van der Waals surface area contributed by atoms with E-state index in [2.05, 4.69) is 11.4 Å². The number of hydrogen-bond acceptors (Lipinski definition) is 6. The molecule has 1 saturated carbocycles. The molecule has 0 atom stereocenters. The third kappa shape index (κ3) is 4.29. The minimum absolute atomic E-state index is 0.00957. The lowest BCUT2D eigenvalue weighted by molar-refractivity contribution is -0.384. The molecule has 0 aromatic heterocycles. The summed E-state index contributed by atoms with van der Waals surface area (Å²) < 4.78 is 4.87. The minimum atomic E-state index is -0.896. The summed E-state index contributed by atoms with van der Waals surface area (Å²) in [4.78, 5) is 33.9. The zero-order chi connectivity index (χ0) is 17.6. The van der Waals surface area contributed by atoms with Gasteiger partial charge >= 0.3 is 5.97 Å². The first-order chi connectivity index (χ1) is 11.5. The Bertz CT molecular complexity index is 689. The highest BCUT2D eigenvalue weighted by molar-refractivity contribution is 5.92. The fourth-order valence-electron chi connectivity index (χ4n) is 2.68.